The van der Waals surface area contributed by atoms with Gasteiger partial charge in [-0.1, -0.05) is 24.6 Å². The summed E-state index contributed by atoms with van der Waals surface area (Å²) in [5, 5.41) is 2.92. The predicted octanol–water partition coefficient (Wildman–Crippen LogP) is 1.93. The summed E-state index contributed by atoms with van der Waals surface area (Å²) in [5.41, 5.74) is 2.96. The summed E-state index contributed by atoms with van der Waals surface area (Å²) in [6.45, 7) is 1.81. The van der Waals surface area contributed by atoms with Gasteiger partial charge in [-0.15, -0.1) is 0 Å². The molecule has 7 nitrogen and oxygen atoms in total. The Kier molecular flexibility index (Phi) is 5.25. The van der Waals surface area contributed by atoms with Gasteiger partial charge in [-0.05, 0) is 30.9 Å². The van der Waals surface area contributed by atoms with Crippen LogP contribution in [-0.2, 0) is 34.3 Å². The van der Waals surface area contributed by atoms with Crippen molar-refractivity contribution in [1.29, 1.82) is 0 Å². The number of nitrogens with zero attached hydrogens (tertiary/aromatic N) is 3. The quantitative estimate of drug-likeness (QED) is 0.828. The molecule has 1 amide bonds. The minimum absolute atomic E-state index is 0.225. The lowest BCUT2D eigenvalue weighted by molar-refractivity contribution is -0.125. The van der Waals surface area contributed by atoms with Crippen LogP contribution in [0.2, 0.25) is 0 Å². The number of sulfonamides is 1. The zero-order valence-corrected chi connectivity index (χ0v) is 16.9. The Labute approximate surface area is 165 Å². The van der Waals surface area contributed by atoms with Crippen LogP contribution in [0.5, 0.6) is 0 Å². The van der Waals surface area contributed by atoms with Crippen LogP contribution in [0.3, 0.4) is 0 Å². The first-order chi connectivity index (χ1) is 13.4. The van der Waals surface area contributed by atoms with E-state index < -0.39 is 16.1 Å². The molecule has 2 aromatic rings. The highest BCUT2D eigenvalue weighted by Gasteiger charge is 2.34. The first kappa shape index (κ1) is 19.1. The lowest BCUT2D eigenvalue weighted by Gasteiger charge is -2.32. The average molecular weight is 403 g/mol. The fourth-order valence-corrected chi connectivity index (χ4v) is 5.23. The van der Waals surface area contributed by atoms with Gasteiger partial charge in [0.25, 0.3) is 0 Å². The Bertz CT molecular complexity index is 962. The van der Waals surface area contributed by atoms with Crippen LogP contribution < -0.4 is 5.32 Å². The molecule has 1 aromatic carbocycles. The van der Waals surface area contributed by atoms with E-state index in [9.17, 15) is 13.2 Å². The van der Waals surface area contributed by atoms with Crippen molar-refractivity contribution >= 4 is 15.9 Å². The summed E-state index contributed by atoms with van der Waals surface area (Å²) in [4.78, 5) is 17.4. The fourth-order valence-electron chi connectivity index (χ4n) is 4.11. The van der Waals surface area contributed by atoms with Gasteiger partial charge in [-0.2, -0.15) is 4.31 Å². The molecule has 0 aliphatic carbocycles. The number of hydrogen-bond acceptors (Lipinski definition) is 4. The van der Waals surface area contributed by atoms with Crippen molar-refractivity contribution < 1.29 is 13.2 Å². The summed E-state index contributed by atoms with van der Waals surface area (Å²) in [6.07, 6.45) is 7.67. The second-order valence-electron chi connectivity index (χ2n) is 7.64. The van der Waals surface area contributed by atoms with Gasteiger partial charge >= 0.3 is 0 Å². The first-order valence-electron chi connectivity index (χ1n) is 9.82. The number of carbonyl (C=O) groups excluding carboxylic acids is 1. The molecular weight excluding hydrogens is 376 g/mol. The number of aryl methyl sites for hydroxylation is 2. The highest BCUT2D eigenvalue weighted by molar-refractivity contribution is 7.88. The summed E-state index contributed by atoms with van der Waals surface area (Å²) < 4.78 is 27.5. The van der Waals surface area contributed by atoms with E-state index in [0.29, 0.717) is 19.5 Å². The maximum Gasteiger partial charge on any atom is 0.238 e. The van der Waals surface area contributed by atoms with E-state index >= 15 is 0 Å². The predicted molar refractivity (Wildman–Crippen MR) is 107 cm³/mol. The van der Waals surface area contributed by atoms with Crippen molar-refractivity contribution in [3.63, 3.8) is 0 Å². The smallest absolute Gasteiger partial charge is 0.238 e. The Balaban J connectivity index is 1.44. The van der Waals surface area contributed by atoms with Gasteiger partial charge in [0.05, 0.1) is 11.9 Å². The highest BCUT2D eigenvalue weighted by Crippen LogP contribution is 2.24. The summed E-state index contributed by atoms with van der Waals surface area (Å²) in [7, 11) is -3.38. The van der Waals surface area contributed by atoms with E-state index in [2.05, 4.69) is 16.1 Å². The van der Waals surface area contributed by atoms with Gasteiger partial charge in [0.1, 0.15) is 11.9 Å². The number of hydrogen-bond donors (Lipinski definition) is 1. The zero-order valence-electron chi connectivity index (χ0n) is 16.1. The Hall–Kier alpha value is -2.19. The third-order valence-electron chi connectivity index (χ3n) is 5.53. The first-order valence-corrected chi connectivity index (χ1v) is 11.7. The molecule has 1 N–H and O–H groups in total. The molecule has 8 heteroatoms. The van der Waals surface area contributed by atoms with E-state index in [-0.39, 0.29) is 5.91 Å². The summed E-state index contributed by atoms with van der Waals surface area (Å²) in [5.74, 6) is 0.906. The van der Waals surface area contributed by atoms with Crippen LogP contribution >= 0.6 is 0 Å². The van der Waals surface area contributed by atoms with Crippen molar-refractivity contribution in [2.24, 2.45) is 0 Å². The molecule has 0 saturated carbocycles. The topological polar surface area (TPSA) is 84.3 Å². The number of nitrogens with one attached hydrogen (secondary N) is 1. The molecular formula is C20H26N4O3S. The van der Waals surface area contributed by atoms with Gasteiger partial charge in [-0.3, -0.25) is 4.79 Å². The lowest BCUT2D eigenvalue weighted by atomic mass is 10.0. The minimum atomic E-state index is -3.38. The Morgan fingerprint density at radius 2 is 2.11 bits per heavy atom. The van der Waals surface area contributed by atoms with Gasteiger partial charge in [0, 0.05) is 37.8 Å². The SMILES string of the molecule is CS(=O)(=O)N1CCCCC1C(=O)NCc1cccc(-c2cn3c(n2)CCC3)c1. The third kappa shape index (κ3) is 3.98. The number of carbonyl (C=O) groups is 1. The highest BCUT2D eigenvalue weighted by atomic mass is 32.2. The molecule has 4 rings (SSSR count). The molecule has 150 valence electrons. The summed E-state index contributed by atoms with van der Waals surface area (Å²) in [6, 6.07) is 7.37. The molecule has 1 fully saturated rings. The number of benzene rings is 1. The minimum Gasteiger partial charge on any atom is -0.351 e. The number of piperidine rings is 1. The Morgan fingerprint density at radius 3 is 2.89 bits per heavy atom. The van der Waals surface area contributed by atoms with Crippen molar-refractivity contribution in [2.75, 3.05) is 12.8 Å². The van der Waals surface area contributed by atoms with Gasteiger partial charge in [0.15, 0.2) is 0 Å². The molecule has 0 spiro atoms. The number of amides is 1. The van der Waals surface area contributed by atoms with Crippen LogP contribution in [0.4, 0.5) is 0 Å². The second kappa shape index (κ2) is 7.67. The van der Waals surface area contributed by atoms with Crippen molar-refractivity contribution in [3.05, 3.63) is 41.9 Å². The fraction of sp³-hybridized carbons (Fsp3) is 0.500. The van der Waals surface area contributed by atoms with E-state index in [1.54, 1.807) is 0 Å². The largest absolute Gasteiger partial charge is 0.351 e. The van der Waals surface area contributed by atoms with Crippen LogP contribution in [0.25, 0.3) is 11.3 Å². The van der Waals surface area contributed by atoms with Crippen molar-refractivity contribution in [3.8, 4) is 11.3 Å². The number of rotatable bonds is 5. The van der Waals surface area contributed by atoms with Crippen LogP contribution in [0.15, 0.2) is 30.5 Å². The number of imidazole rings is 1. The molecule has 2 aliphatic heterocycles. The van der Waals surface area contributed by atoms with Gasteiger partial charge in [0.2, 0.25) is 15.9 Å². The van der Waals surface area contributed by atoms with Crippen LogP contribution in [0.1, 0.15) is 37.1 Å². The molecule has 0 radical (unpaired) electrons. The van der Waals surface area contributed by atoms with Crippen LogP contribution in [-0.4, -0.2) is 47.0 Å². The zero-order chi connectivity index (χ0) is 19.7. The molecule has 1 unspecified atom stereocenters. The Morgan fingerprint density at radius 1 is 1.25 bits per heavy atom. The third-order valence-corrected chi connectivity index (χ3v) is 6.82. The summed E-state index contributed by atoms with van der Waals surface area (Å²) >= 11 is 0. The maximum absolute atomic E-state index is 12.6. The maximum atomic E-state index is 12.6. The van der Waals surface area contributed by atoms with Crippen molar-refractivity contribution in [1.82, 2.24) is 19.2 Å². The molecule has 1 saturated heterocycles. The number of aromatic nitrogens is 2. The monoisotopic (exact) mass is 402 g/mol. The second-order valence-corrected chi connectivity index (χ2v) is 9.58. The van der Waals surface area contributed by atoms with E-state index in [1.807, 2.05) is 24.3 Å². The molecule has 28 heavy (non-hydrogen) atoms. The lowest BCUT2D eigenvalue weighted by Crippen LogP contribution is -2.51. The van der Waals surface area contributed by atoms with Gasteiger partial charge < -0.3 is 9.88 Å². The van der Waals surface area contributed by atoms with Crippen LogP contribution in [0, 0.1) is 0 Å². The molecule has 1 atom stereocenters. The molecule has 2 aliphatic rings. The molecule has 1 aromatic heterocycles. The molecule has 0 bridgehead atoms. The van der Waals surface area contributed by atoms with E-state index in [0.717, 1.165) is 54.9 Å². The van der Waals surface area contributed by atoms with Gasteiger partial charge in [-0.25, -0.2) is 13.4 Å². The normalized spacial score (nSPS) is 20.1. The van der Waals surface area contributed by atoms with E-state index in [1.165, 1.54) is 10.6 Å². The molecule has 3 heterocycles. The van der Waals surface area contributed by atoms with Crippen molar-refractivity contribution in [2.45, 2.75) is 51.2 Å². The standard InChI is InChI=1S/C20H26N4O3S/c1-28(26,27)24-11-3-2-8-18(24)20(25)21-13-15-6-4-7-16(12-15)17-14-23-10-5-9-19(23)22-17/h4,6-7,12,14,18H,2-3,5,8-11,13H2,1H3,(H,21,25). The van der Waals surface area contributed by atoms with E-state index in [4.69, 9.17) is 4.98 Å². The number of fused-ring (bicyclic) bond motifs is 1. The average Bonchev–Trinajstić information content (AvgIpc) is 3.28.